The summed E-state index contributed by atoms with van der Waals surface area (Å²) < 4.78 is 49.2. The normalized spacial score (nSPS) is 14.4. The van der Waals surface area contributed by atoms with E-state index in [1.807, 2.05) is 0 Å². The van der Waals surface area contributed by atoms with Crippen molar-refractivity contribution in [3.05, 3.63) is 0 Å². The lowest BCUT2D eigenvalue weighted by Crippen LogP contribution is -2.49. The third-order valence-corrected chi connectivity index (χ3v) is 13.0. The molecule has 10 heteroatoms. The van der Waals surface area contributed by atoms with Crippen LogP contribution in [0.1, 0.15) is 213 Å². The van der Waals surface area contributed by atoms with Gasteiger partial charge in [0, 0.05) is 101 Å². The molecule has 0 bridgehead atoms. The lowest BCUT2D eigenvalue weighted by Gasteiger charge is -2.43. The van der Waals surface area contributed by atoms with Crippen LogP contribution >= 0.6 is 0 Å². The molecule has 0 aliphatic rings. The molecular weight excluding hydrogens is 735 g/mol. The molecule has 0 rings (SSSR count). The summed E-state index contributed by atoms with van der Waals surface area (Å²) in [6.07, 6.45) is 36.5. The highest BCUT2D eigenvalue weighted by Gasteiger charge is 2.31. The van der Waals surface area contributed by atoms with Crippen molar-refractivity contribution in [3.8, 4) is 0 Å². The number of unbranched alkanes of at least 4 members (excludes halogenated alkanes) is 18. The van der Waals surface area contributed by atoms with E-state index in [0.29, 0.717) is 18.1 Å². The second-order valence-electron chi connectivity index (χ2n) is 16.6. The Morgan fingerprint density at radius 1 is 0.276 bits per heavy atom. The molecule has 0 saturated heterocycles. The Morgan fingerprint density at radius 3 is 0.621 bits per heavy atom. The van der Waals surface area contributed by atoms with Crippen molar-refractivity contribution in [1.82, 2.24) is 4.90 Å². The maximum absolute atomic E-state index is 5.46. The van der Waals surface area contributed by atoms with Gasteiger partial charge in [-0.1, -0.05) is 136 Å². The molecule has 58 heavy (non-hydrogen) atoms. The number of nitrogens with zero attached hydrogens (tertiary/aromatic N) is 1. The minimum Gasteiger partial charge on any atom is -0.331 e. The summed E-state index contributed by atoms with van der Waals surface area (Å²) in [4.78, 5) is 3.06. The summed E-state index contributed by atoms with van der Waals surface area (Å²) >= 11 is 0. The number of methoxy groups -OCH3 is 9. The Hall–Kier alpha value is -0.400. The SMILES string of the molecule is CCC(CCCCCCCCCC(OC)(OC)OC)N(C(CC)CCCCCCCCCC(OC)(OC)OC)C(CC)CCCCCCCCCC(OC)(OC)OC. The second kappa shape index (κ2) is 37.2. The van der Waals surface area contributed by atoms with Crippen LogP contribution in [0.4, 0.5) is 0 Å². The quantitative estimate of drug-likeness (QED) is 0.0437. The summed E-state index contributed by atoms with van der Waals surface area (Å²) in [5.41, 5.74) is 0. The Labute approximate surface area is 360 Å². The predicted octanol–water partition coefficient (Wildman–Crippen LogP) is 12.9. The van der Waals surface area contributed by atoms with E-state index in [4.69, 9.17) is 42.6 Å². The fraction of sp³-hybridized carbons (Fsp3) is 1.00. The van der Waals surface area contributed by atoms with Crippen LogP contribution in [-0.2, 0) is 42.6 Å². The molecule has 0 amide bonds. The number of hydrogen-bond acceptors (Lipinski definition) is 10. The molecule has 0 spiro atoms. The van der Waals surface area contributed by atoms with Crippen molar-refractivity contribution in [1.29, 1.82) is 0 Å². The first-order valence-corrected chi connectivity index (χ1v) is 23.9. The van der Waals surface area contributed by atoms with Gasteiger partial charge in [-0.3, -0.25) is 4.90 Å². The molecule has 0 aliphatic carbocycles. The molecule has 3 atom stereocenters. The van der Waals surface area contributed by atoms with Crippen molar-refractivity contribution in [2.45, 2.75) is 249 Å². The number of ether oxygens (including phenoxy) is 9. The Bertz CT molecular complexity index is 734. The largest absolute Gasteiger partial charge is 0.331 e. The molecule has 0 heterocycles. The van der Waals surface area contributed by atoms with E-state index in [0.717, 1.165) is 38.5 Å². The summed E-state index contributed by atoms with van der Waals surface area (Å²) in [6, 6.07) is 2.03. The van der Waals surface area contributed by atoms with E-state index in [1.54, 1.807) is 64.0 Å². The van der Waals surface area contributed by atoms with E-state index >= 15 is 0 Å². The van der Waals surface area contributed by atoms with Crippen LogP contribution in [-0.4, -0.2) is 105 Å². The van der Waals surface area contributed by atoms with E-state index in [-0.39, 0.29) is 0 Å². The fourth-order valence-electron chi connectivity index (χ4n) is 9.07. The summed E-state index contributed by atoms with van der Waals surface area (Å²) in [6.45, 7) is 7.34. The van der Waals surface area contributed by atoms with E-state index in [1.165, 1.54) is 154 Å². The van der Waals surface area contributed by atoms with Gasteiger partial charge in [0.1, 0.15) is 0 Å². The van der Waals surface area contributed by atoms with Crippen molar-refractivity contribution < 1.29 is 42.6 Å². The highest BCUT2D eigenvalue weighted by molar-refractivity contribution is 4.84. The number of rotatable bonds is 45. The maximum Gasteiger partial charge on any atom is 0.282 e. The topological polar surface area (TPSA) is 86.3 Å². The van der Waals surface area contributed by atoms with Crippen LogP contribution < -0.4 is 0 Å². The van der Waals surface area contributed by atoms with E-state index in [2.05, 4.69) is 25.7 Å². The molecule has 0 aromatic carbocycles. The number of hydrogen-bond donors (Lipinski definition) is 0. The maximum atomic E-state index is 5.46. The zero-order valence-electron chi connectivity index (χ0n) is 40.6. The van der Waals surface area contributed by atoms with Crippen LogP contribution in [0.5, 0.6) is 0 Å². The van der Waals surface area contributed by atoms with E-state index < -0.39 is 17.9 Å². The lowest BCUT2D eigenvalue weighted by atomic mass is 9.92. The van der Waals surface area contributed by atoms with Crippen molar-refractivity contribution in [2.24, 2.45) is 0 Å². The molecule has 0 aromatic heterocycles. The fourth-order valence-corrected chi connectivity index (χ4v) is 9.07. The van der Waals surface area contributed by atoms with Gasteiger partial charge < -0.3 is 42.6 Å². The van der Waals surface area contributed by atoms with Crippen LogP contribution in [0.2, 0.25) is 0 Å². The molecule has 10 nitrogen and oxygen atoms in total. The van der Waals surface area contributed by atoms with Crippen LogP contribution in [0.3, 0.4) is 0 Å². The first-order valence-electron chi connectivity index (χ1n) is 23.9. The van der Waals surface area contributed by atoms with Gasteiger partial charge in [0.2, 0.25) is 0 Å². The van der Waals surface area contributed by atoms with Crippen LogP contribution in [0.25, 0.3) is 0 Å². The highest BCUT2D eigenvalue weighted by Crippen LogP contribution is 2.30. The molecular formula is C48H99NO9. The van der Waals surface area contributed by atoms with Gasteiger partial charge in [0.25, 0.3) is 17.9 Å². The Morgan fingerprint density at radius 2 is 0.448 bits per heavy atom. The van der Waals surface area contributed by atoms with Crippen LogP contribution in [0, 0.1) is 0 Å². The Balaban J connectivity index is 5.09. The van der Waals surface area contributed by atoms with Crippen molar-refractivity contribution in [3.63, 3.8) is 0 Å². The first kappa shape index (κ1) is 57.6. The molecule has 0 saturated carbocycles. The average Bonchev–Trinajstić information content (AvgIpc) is 3.26. The lowest BCUT2D eigenvalue weighted by molar-refractivity contribution is -0.355. The van der Waals surface area contributed by atoms with Crippen molar-refractivity contribution >= 4 is 0 Å². The predicted molar refractivity (Wildman–Crippen MR) is 240 cm³/mol. The first-order chi connectivity index (χ1) is 28.2. The summed E-state index contributed by atoms with van der Waals surface area (Å²) in [7, 11) is 14.9. The molecule has 0 aromatic rings. The average molecular weight is 834 g/mol. The van der Waals surface area contributed by atoms with Gasteiger partial charge in [-0.25, -0.2) is 0 Å². The van der Waals surface area contributed by atoms with Gasteiger partial charge in [-0.2, -0.15) is 0 Å². The molecule has 0 radical (unpaired) electrons. The van der Waals surface area contributed by atoms with Gasteiger partial charge in [0.15, 0.2) is 0 Å². The minimum absolute atomic E-state index is 0.678. The zero-order chi connectivity index (χ0) is 43.4. The molecule has 3 unspecified atom stereocenters. The van der Waals surface area contributed by atoms with Gasteiger partial charge in [-0.05, 0) is 57.8 Å². The van der Waals surface area contributed by atoms with Gasteiger partial charge in [0.05, 0.1) is 0 Å². The highest BCUT2D eigenvalue weighted by atomic mass is 16.9. The van der Waals surface area contributed by atoms with Gasteiger partial charge >= 0.3 is 0 Å². The molecule has 0 fully saturated rings. The van der Waals surface area contributed by atoms with Gasteiger partial charge in [-0.15, -0.1) is 0 Å². The van der Waals surface area contributed by atoms with Crippen molar-refractivity contribution in [2.75, 3.05) is 64.0 Å². The second-order valence-corrected chi connectivity index (χ2v) is 16.6. The molecule has 0 aliphatic heterocycles. The zero-order valence-corrected chi connectivity index (χ0v) is 40.6. The minimum atomic E-state index is -0.893. The van der Waals surface area contributed by atoms with Crippen LogP contribution in [0.15, 0.2) is 0 Å². The monoisotopic (exact) mass is 834 g/mol. The summed E-state index contributed by atoms with van der Waals surface area (Å²) in [5.74, 6) is -2.68. The smallest absolute Gasteiger partial charge is 0.282 e. The third-order valence-electron chi connectivity index (χ3n) is 13.0. The summed E-state index contributed by atoms with van der Waals surface area (Å²) in [5, 5.41) is 0. The Kier molecular flexibility index (Phi) is 36.9. The molecule has 350 valence electrons. The standard InChI is InChI=1S/C48H99NO9/c1-13-43(37-31-25-19-16-22-28-34-40-46(50-4,51-5)52-6)49(44(14-2)38-32-26-20-17-23-29-35-41-47(53-7,54-8)55-9)45(15-3)39-33-27-21-18-24-30-36-42-48(56-10,57-11)58-12/h43-45H,13-42H2,1-12H3. The molecule has 0 N–H and O–H groups in total. The third kappa shape index (κ3) is 23.7. The van der Waals surface area contributed by atoms with E-state index in [9.17, 15) is 0 Å².